The maximum absolute atomic E-state index is 12.5. The quantitative estimate of drug-likeness (QED) is 0.784. The molecule has 6 heteroatoms. The topological polar surface area (TPSA) is 70.2 Å². The summed E-state index contributed by atoms with van der Waals surface area (Å²) in [7, 11) is 0. The minimum Gasteiger partial charge on any atom is -0.340 e. The van der Waals surface area contributed by atoms with Crippen molar-refractivity contribution in [1.29, 1.82) is 0 Å². The number of anilines is 2. The van der Waals surface area contributed by atoms with Crippen LogP contribution >= 0.6 is 0 Å². The Morgan fingerprint density at radius 1 is 1.35 bits per heavy atom. The Kier molecular flexibility index (Phi) is 2.51. The number of aromatic nitrogens is 2. The summed E-state index contributed by atoms with van der Waals surface area (Å²) in [5, 5.41) is 6.59. The predicted molar refractivity (Wildman–Crippen MR) is 75.9 cm³/mol. The first kappa shape index (κ1) is 12.1. The second-order valence-corrected chi connectivity index (χ2v) is 5.90. The van der Waals surface area contributed by atoms with Crippen molar-refractivity contribution in [3.63, 3.8) is 0 Å². The van der Waals surface area contributed by atoms with Crippen LogP contribution in [0, 0.1) is 6.92 Å². The summed E-state index contributed by atoms with van der Waals surface area (Å²) >= 11 is 0. The van der Waals surface area contributed by atoms with Crippen molar-refractivity contribution in [2.24, 2.45) is 0 Å². The van der Waals surface area contributed by atoms with Gasteiger partial charge in [-0.25, -0.2) is 9.97 Å². The van der Waals surface area contributed by atoms with E-state index in [1.807, 2.05) is 6.92 Å². The van der Waals surface area contributed by atoms with Gasteiger partial charge in [0.25, 0.3) is 0 Å². The number of hydrogen-bond acceptors (Lipinski definition) is 5. The molecule has 4 rings (SSSR count). The molecule has 0 aromatic carbocycles. The van der Waals surface area contributed by atoms with Crippen LogP contribution < -0.4 is 15.5 Å². The van der Waals surface area contributed by atoms with Crippen LogP contribution in [-0.4, -0.2) is 40.5 Å². The molecule has 3 aliphatic rings. The lowest BCUT2D eigenvalue weighted by Crippen LogP contribution is -2.64. The molecular formula is C14H19N5O. The molecule has 0 aliphatic carbocycles. The predicted octanol–water partition coefficient (Wildman–Crippen LogP) is 0.609. The van der Waals surface area contributed by atoms with E-state index in [0.717, 1.165) is 48.8 Å². The molecule has 3 atom stereocenters. The summed E-state index contributed by atoms with van der Waals surface area (Å²) in [6.07, 6.45) is 3.01. The Labute approximate surface area is 118 Å². The minimum atomic E-state index is -0.125. The van der Waals surface area contributed by atoms with Gasteiger partial charge in [-0.3, -0.25) is 4.79 Å². The summed E-state index contributed by atoms with van der Waals surface area (Å²) in [6.45, 7) is 4.84. The molecule has 0 radical (unpaired) electrons. The van der Waals surface area contributed by atoms with Crippen molar-refractivity contribution in [3.8, 4) is 0 Å². The van der Waals surface area contributed by atoms with E-state index in [4.69, 9.17) is 0 Å². The van der Waals surface area contributed by atoms with E-state index in [1.165, 1.54) is 0 Å². The molecule has 1 aromatic heterocycles. The van der Waals surface area contributed by atoms with Crippen LogP contribution in [0.15, 0.2) is 0 Å². The Hall–Kier alpha value is -1.69. The highest BCUT2D eigenvalue weighted by molar-refractivity contribution is 6.04. The van der Waals surface area contributed by atoms with Crippen molar-refractivity contribution < 1.29 is 4.79 Å². The van der Waals surface area contributed by atoms with Gasteiger partial charge in [-0.05, 0) is 26.2 Å². The molecule has 1 unspecified atom stereocenters. The number of piperazine rings is 1. The summed E-state index contributed by atoms with van der Waals surface area (Å²) in [5.74, 6) is 1.77. The number of amides is 1. The van der Waals surface area contributed by atoms with Crippen molar-refractivity contribution in [2.45, 2.75) is 51.2 Å². The second kappa shape index (κ2) is 4.15. The number of aryl methyl sites for hydroxylation is 2. The third-order valence-electron chi connectivity index (χ3n) is 4.61. The second-order valence-electron chi connectivity index (χ2n) is 5.90. The Bertz CT molecular complexity index is 587. The highest BCUT2D eigenvalue weighted by Crippen LogP contribution is 2.38. The minimum absolute atomic E-state index is 0.0810. The Morgan fingerprint density at radius 2 is 2.20 bits per heavy atom. The monoisotopic (exact) mass is 273 g/mol. The van der Waals surface area contributed by atoms with Crippen LogP contribution in [0.25, 0.3) is 0 Å². The zero-order valence-electron chi connectivity index (χ0n) is 11.8. The van der Waals surface area contributed by atoms with Gasteiger partial charge in [0, 0.05) is 18.6 Å². The van der Waals surface area contributed by atoms with E-state index < -0.39 is 0 Å². The molecule has 0 saturated carbocycles. The van der Waals surface area contributed by atoms with Crippen LogP contribution in [0.3, 0.4) is 0 Å². The van der Waals surface area contributed by atoms with E-state index in [2.05, 4.69) is 32.4 Å². The molecule has 1 aromatic rings. The number of carbonyl (C=O) groups excluding carboxylic acids is 1. The molecule has 0 spiro atoms. The molecule has 2 fully saturated rings. The van der Waals surface area contributed by atoms with Crippen LogP contribution in [0.2, 0.25) is 0 Å². The molecule has 106 valence electrons. The van der Waals surface area contributed by atoms with Gasteiger partial charge in [0.05, 0.1) is 5.69 Å². The number of rotatable bonds is 1. The average Bonchev–Trinajstić information content (AvgIpc) is 2.80. The molecule has 6 nitrogen and oxygen atoms in total. The van der Waals surface area contributed by atoms with Crippen LogP contribution in [0.1, 0.15) is 31.3 Å². The van der Waals surface area contributed by atoms with Crippen molar-refractivity contribution in [3.05, 3.63) is 11.5 Å². The van der Waals surface area contributed by atoms with Gasteiger partial charge in [-0.15, -0.1) is 0 Å². The lowest BCUT2D eigenvalue weighted by molar-refractivity contribution is -0.118. The third kappa shape index (κ3) is 1.57. The molecular weight excluding hydrogens is 254 g/mol. The molecule has 3 aliphatic heterocycles. The lowest BCUT2D eigenvalue weighted by Gasteiger charge is -2.44. The Morgan fingerprint density at radius 3 is 3.00 bits per heavy atom. The first-order chi connectivity index (χ1) is 9.67. The molecule has 2 bridgehead atoms. The van der Waals surface area contributed by atoms with Gasteiger partial charge < -0.3 is 15.5 Å². The van der Waals surface area contributed by atoms with Crippen LogP contribution in [0.5, 0.6) is 0 Å². The van der Waals surface area contributed by atoms with E-state index in [0.29, 0.717) is 6.04 Å². The number of carbonyl (C=O) groups is 1. The molecule has 1 amide bonds. The Balaban J connectivity index is 1.86. The fourth-order valence-electron chi connectivity index (χ4n) is 3.76. The van der Waals surface area contributed by atoms with Crippen molar-refractivity contribution in [1.82, 2.24) is 15.3 Å². The first-order valence-electron chi connectivity index (χ1n) is 7.38. The number of nitrogens with zero attached hydrogens (tertiary/aromatic N) is 3. The highest BCUT2D eigenvalue weighted by Gasteiger charge is 2.47. The van der Waals surface area contributed by atoms with E-state index in [1.54, 1.807) is 0 Å². The summed E-state index contributed by atoms with van der Waals surface area (Å²) in [6, 6.07) is 0.609. The zero-order chi connectivity index (χ0) is 13.9. The summed E-state index contributed by atoms with van der Waals surface area (Å²) in [5.41, 5.74) is 1.76. The SMILES string of the molecule is CCc1nc(C)nc2c1NC(=O)C1[C@H]3CC[C@@H](CN21)N3. The van der Waals surface area contributed by atoms with E-state index in [-0.39, 0.29) is 18.0 Å². The van der Waals surface area contributed by atoms with E-state index >= 15 is 0 Å². The summed E-state index contributed by atoms with van der Waals surface area (Å²) < 4.78 is 0. The highest BCUT2D eigenvalue weighted by atomic mass is 16.2. The smallest absolute Gasteiger partial charge is 0.248 e. The van der Waals surface area contributed by atoms with Gasteiger partial charge in [0.15, 0.2) is 5.82 Å². The van der Waals surface area contributed by atoms with Crippen LogP contribution in [-0.2, 0) is 11.2 Å². The van der Waals surface area contributed by atoms with E-state index in [9.17, 15) is 4.79 Å². The number of nitrogens with one attached hydrogen (secondary N) is 2. The summed E-state index contributed by atoms with van der Waals surface area (Å²) in [4.78, 5) is 23.8. The lowest BCUT2D eigenvalue weighted by atomic mass is 10.0. The fourth-order valence-corrected chi connectivity index (χ4v) is 3.76. The van der Waals surface area contributed by atoms with Gasteiger partial charge in [-0.2, -0.15) is 0 Å². The van der Waals surface area contributed by atoms with Gasteiger partial charge in [0.1, 0.15) is 17.6 Å². The number of hydrogen-bond donors (Lipinski definition) is 2. The van der Waals surface area contributed by atoms with Gasteiger partial charge in [-0.1, -0.05) is 6.92 Å². The first-order valence-corrected chi connectivity index (χ1v) is 7.38. The average molecular weight is 273 g/mol. The van der Waals surface area contributed by atoms with Gasteiger partial charge in [0.2, 0.25) is 5.91 Å². The standard InChI is InChI=1S/C14H19N5O/c1-3-9-11-13(16-7(2)15-9)19-6-8-4-5-10(17-8)12(19)14(20)18-11/h8,10,12,17H,3-6H2,1-2H3,(H,18,20)/t8-,10+,12?/m0/s1. The van der Waals surface area contributed by atoms with Gasteiger partial charge >= 0.3 is 0 Å². The molecule has 20 heavy (non-hydrogen) atoms. The largest absolute Gasteiger partial charge is 0.340 e. The van der Waals surface area contributed by atoms with Crippen LogP contribution in [0.4, 0.5) is 11.5 Å². The molecule has 2 N–H and O–H groups in total. The number of fused-ring (bicyclic) bond motifs is 6. The maximum atomic E-state index is 12.5. The maximum Gasteiger partial charge on any atom is 0.248 e. The van der Waals surface area contributed by atoms with Crippen molar-refractivity contribution >= 4 is 17.4 Å². The normalized spacial score (nSPS) is 30.8. The third-order valence-corrected chi connectivity index (χ3v) is 4.61. The fraction of sp³-hybridized carbons (Fsp3) is 0.643. The molecule has 4 heterocycles. The molecule has 2 saturated heterocycles. The zero-order valence-corrected chi connectivity index (χ0v) is 11.8. The van der Waals surface area contributed by atoms with Crippen molar-refractivity contribution in [2.75, 3.05) is 16.8 Å².